The third kappa shape index (κ3) is 5.37. The van der Waals surface area contributed by atoms with E-state index < -0.39 is 10.0 Å². The van der Waals surface area contributed by atoms with Gasteiger partial charge in [0.25, 0.3) is 0 Å². The predicted molar refractivity (Wildman–Crippen MR) is 107 cm³/mol. The summed E-state index contributed by atoms with van der Waals surface area (Å²) in [6.45, 7) is 7.39. The zero-order valence-corrected chi connectivity index (χ0v) is 17.0. The number of sulfonamides is 1. The van der Waals surface area contributed by atoms with Crippen LogP contribution in [0.3, 0.4) is 0 Å². The predicted octanol–water partition coefficient (Wildman–Crippen LogP) is 2.70. The van der Waals surface area contributed by atoms with Gasteiger partial charge in [-0.2, -0.15) is 0 Å². The standard InChI is InChI=1S/C19H31N3O3S/c1-4-20(5-2)19(23)13-16-22(26(3,24)25)18-11-9-17(10-12-18)21-14-7-6-8-15-21/h9-12H,4-8,13-16H2,1-3H3. The van der Waals surface area contributed by atoms with Crippen molar-refractivity contribution in [2.24, 2.45) is 0 Å². The first-order chi connectivity index (χ1) is 12.4. The highest BCUT2D eigenvalue weighted by Crippen LogP contribution is 2.25. The van der Waals surface area contributed by atoms with E-state index in [4.69, 9.17) is 0 Å². The number of hydrogen-bond acceptors (Lipinski definition) is 4. The van der Waals surface area contributed by atoms with Gasteiger partial charge in [0, 0.05) is 44.8 Å². The Balaban J connectivity index is 2.10. The molecule has 146 valence electrons. The Hall–Kier alpha value is -1.76. The van der Waals surface area contributed by atoms with Crippen LogP contribution in [0.4, 0.5) is 11.4 Å². The van der Waals surface area contributed by atoms with Gasteiger partial charge in [0.1, 0.15) is 0 Å². The minimum atomic E-state index is -3.44. The van der Waals surface area contributed by atoms with Crippen LogP contribution in [0.1, 0.15) is 39.5 Å². The average molecular weight is 382 g/mol. The zero-order chi connectivity index (χ0) is 19.2. The van der Waals surface area contributed by atoms with Crippen LogP contribution in [0.5, 0.6) is 0 Å². The Morgan fingerprint density at radius 2 is 1.62 bits per heavy atom. The minimum Gasteiger partial charge on any atom is -0.372 e. The van der Waals surface area contributed by atoms with Crippen molar-refractivity contribution < 1.29 is 13.2 Å². The van der Waals surface area contributed by atoms with Crippen LogP contribution in [0.15, 0.2) is 24.3 Å². The number of hydrogen-bond donors (Lipinski definition) is 0. The molecule has 26 heavy (non-hydrogen) atoms. The van der Waals surface area contributed by atoms with E-state index in [-0.39, 0.29) is 18.9 Å². The smallest absolute Gasteiger partial charge is 0.232 e. The summed E-state index contributed by atoms with van der Waals surface area (Å²) in [6.07, 6.45) is 5.04. The Kier molecular flexibility index (Phi) is 7.32. The summed E-state index contributed by atoms with van der Waals surface area (Å²) in [5, 5.41) is 0. The number of nitrogens with zero attached hydrogens (tertiary/aromatic N) is 3. The summed E-state index contributed by atoms with van der Waals surface area (Å²) in [6, 6.07) is 7.63. The molecule has 0 spiro atoms. The van der Waals surface area contributed by atoms with Crippen LogP contribution in [-0.4, -0.2) is 58.2 Å². The molecular formula is C19H31N3O3S. The average Bonchev–Trinajstić information content (AvgIpc) is 2.63. The molecule has 1 aliphatic heterocycles. The normalized spacial score (nSPS) is 15.0. The molecule has 0 bridgehead atoms. The first kappa shape index (κ1) is 20.6. The molecule has 1 aliphatic rings. The molecule has 0 N–H and O–H groups in total. The van der Waals surface area contributed by atoms with Crippen molar-refractivity contribution in [1.29, 1.82) is 0 Å². The van der Waals surface area contributed by atoms with Gasteiger partial charge in [-0.15, -0.1) is 0 Å². The zero-order valence-electron chi connectivity index (χ0n) is 16.1. The van der Waals surface area contributed by atoms with Crippen molar-refractivity contribution in [3.63, 3.8) is 0 Å². The van der Waals surface area contributed by atoms with E-state index in [9.17, 15) is 13.2 Å². The second kappa shape index (κ2) is 9.26. The molecule has 0 unspecified atom stereocenters. The molecule has 1 saturated heterocycles. The highest BCUT2D eigenvalue weighted by Gasteiger charge is 2.20. The fraction of sp³-hybridized carbons (Fsp3) is 0.632. The second-order valence-electron chi connectivity index (χ2n) is 6.72. The van der Waals surface area contributed by atoms with Crippen LogP contribution >= 0.6 is 0 Å². The van der Waals surface area contributed by atoms with Crippen molar-refractivity contribution in [3.8, 4) is 0 Å². The lowest BCUT2D eigenvalue weighted by Gasteiger charge is -2.29. The van der Waals surface area contributed by atoms with Gasteiger partial charge >= 0.3 is 0 Å². The quantitative estimate of drug-likeness (QED) is 0.695. The first-order valence-electron chi connectivity index (χ1n) is 9.47. The number of piperidine rings is 1. The van der Waals surface area contributed by atoms with Gasteiger partial charge < -0.3 is 9.80 Å². The summed E-state index contributed by atoms with van der Waals surface area (Å²) in [5.74, 6) is -0.0198. The molecule has 2 rings (SSSR count). The van der Waals surface area contributed by atoms with Crippen molar-refractivity contribution in [1.82, 2.24) is 4.90 Å². The number of benzene rings is 1. The Morgan fingerprint density at radius 3 is 2.12 bits per heavy atom. The number of amides is 1. The lowest BCUT2D eigenvalue weighted by atomic mass is 10.1. The molecule has 6 nitrogen and oxygen atoms in total. The highest BCUT2D eigenvalue weighted by atomic mass is 32.2. The molecule has 0 atom stereocenters. The SMILES string of the molecule is CCN(CC)C(=O)CCN(c1ccc(N2CCCCC2)cc1)S(C)(=O)=O. The van der Waals surface area contributed by atoms with Gasteiger partial charge in [-0.05, 0) is 57.4 Å². The maximum Gasteiger partial charge on any atom is 0.232 e. The van der Waals surface area contributed by atoms with E-state index in [1.54, 1.807) is 4.90 Å². The molecule has 0 saturated carbocycles. The first-order valence-corrected chi connectivity index (χ1v) is 11.3. The van der Waals surface area contributed by atoms with E-state index in [0.29, 0.717) is 18.8 Å². The number of carbonyl (C=O) groups is 1. The van der Waals surface area contributed by atoms with Gasteiger partial charge in [0.15, 0.2) is 0 Å². The van der Waals surface area contributed by atoms with Crippen LogP contribution in [-0.2, 0) is 14.8 Å². The fourth-order valence-electron chi connectivity index (χ4n) is 3.40. The maximum absolute atomic E-state index is 12.2. The number of rotatable bonds is 8. The Labute approximate surface area is 157 Å². The van der Waals surface area contributed by atoms with Crippen molar-refractivity contribution in [3.05, 3.63) is 24.3 Å². The van der Waals surface area contributed by atoms with Gasteiger partial charge in [-0.3, -0.25) is 9.10 Å². The van der Waals surface area contributed by atoms with E-state index in [1.165, 1.54) is 29.8 Å². The van der Waals surface area contributed by atoms with Gasteiger partial charge in [-0.1, -0.05) is 0 Å². The second-order valence-corrected chi connectivity index (χ2v) is 8.62. The molecule has 0 aromatic heterocycles. The van der Waals surface area contributed by atoms with E-state index >= 15 is 0 Å². The summed E-state index contributed by atoms with van der Waals surface area (Å²) in [4.78, 5) is 16.3. The molecule has 1 amide bonds. The molecule has 0 radical (unpaired) electrons. The van der Waals surface area contributed by atoms with Crippen LogP contribution in [0.25, 0.3) is 0 Å². The summed E-state index contributed by atoms with van der Waals surface area (Å²) in [5.41, 5.74) is 1.74. The number of anilines is 2. The highest BCUT2D eigenvalue weighted by molar-refractivity contribution is 7.92. The monoisotopic (exact) mass is 381 g/mol. The molecule has 1 heterocycles. The molecule has 7 heteroatoms. The van der Waals surface area contributed by atoms with Crippen molar-refractivity contribution in [2.45, 2.75) is 39.5 Å². The third-order valence-electron chi connectivity index (χ3n) is 4.90. The van der Waals surface area contributed by atoms with Gasteiger partial charge in [-0.25, -0.2) is 8.42 Å². The largest absolute Gasteiger partial charge is 0.372 e. The Morgan fingerprint density at radius 1 is 1.04 bits per heavy atom. The summed E-state index contributed by atoms with van der Waals surface area (Å²) >= 11 is 0. The van der Waals surface area contributed by atoms with Crippen LogP contribution < -0.4 is 9.21 Å². The topological polar surface area (TPSA) is 60.9 Å². The molecule has 1 aromatic carbocycles. The van der Waals surface area contributed by atoms with Crippen LogP contribution in [0, 0.1) is 0 Å². The fourth-order valence-corrected chi connectivity index (χ4v) is 4.33. The Bertz CT molecular complexity index is 678. The summed E-state index contributed by atoms with van der Waals surface area (Å²) in [7, 11) is -3.44. The van der Waals surface area contributed by atoms with E-state index in [1.807, 2.05) is 38.1 Å². The van der Waals surface area contributed by atoms with E-state index in [2.05, 4.69) is 4.90 Å². The lowest BCUT2D eigenvalue weighted by molar-refractivity contribution is -0.130. The lowest BCUT2D eigenvalue weighted by Crippen LogP contribution is -2.36. The van der Waals surface area contributed by atoms with Gasteiger partial charge in [0.05, 0.1) is 11.9 Å². The van der Waals surface area contributed by atoms with Gasteiger partial charge in [0.2, 0.25) is 15.9 Å². The molecule has 1 fully saturated rings. The van der Waals surface area contributed by atoms with E-state index in [0.717, 1.165) is 18.8 Å². The summed E-state index contributed by atoms with van der Waals surface area (Å²) < 4.78 is 25.8. The van der Waals surface area contributed by atoms with Crippen molar-refractivity contribution >= 4 is 27.3 Å². The molecule has 1 aromatic rings. The van der Waals surface area contributed by atoms with Crippen LogP contribution in [0.2, 0.25) is 0 Å². The number of carbonyl (C=O) groups excluding carboxylic acids is 1. The molecular weight excluding hydrogens is 350 g/mol. The van der Waals surface area contributed by atoms with Crippen molar-refractivity contribution in [2.75, 3.05) is 48.2 Å². The molecule has 0 aliphatic carbocycles. The maximum atomic E-state index is 12.2. The third-order valence-corrected chi connectivity index (χ3v) is 6.10. The minimum absolute atomic E-state index is 0.0198.